The Balaban J connectivity index is 2.25. The third-order valence-corrected chi connectivity index (χ3v) is 4.55. The van der Waals surface area contributed by atoms with Crippen molar-refractivity contribution in [3.63, 3.8) is 0 Å². The fraction of sp³-hybridized carbons (Fsp3) is 0.889. The zero-order valence-corrected chi connectivity index (χ0v) is 14.8. The Hall–Kier alpha value is -1.10. The molecule has 0 unspecified atom stereocenters. The van der Waals surface area contributed by atoms with Gasteiger partial charge in [-0.3, -0.25) is 9.59 Å². The van der Waals surface area contributed by atoms with Gasteiger partial charge in [0.15, 0.2) is 0 Å². The molecule has 3 N–H and O–H groups in total. The summed E-state index contributed by atoms with van der Waals surface area (Å²) in [4.78, 5) is 26.4. The third kappa shape index (κ3) is 7.82. The molecule has 2 amide bonds. The van der Waals surface area contributed by atoms with Gasteiger partial charge >= 0.3 is 0 Å². The van der Waals surface area contributed by atoms with Gasteiger partial charge in [0, 0.05) is 19.5 Å². The number of likely N-dealkylation sites (tertiary alicyclic amines) is 1. The molecule has 1 aliphatic rings. The van der Waals surface area contributed by atoms with Crippen molar-refractivity contribution >= 4 is 11.8 Å². The minimum Gasteiger partial charge on any atom is -0.354 e. The van der Waals surface area contributed by atoms with Gasteiger partial charge in [-0.2, -0.15) is 0 Å². The fourth-order valence-electron chi connectivity index (χ4n) is 3.14. The number of nitrogens with zero attached hydrogens (tertiary/aromatic N) is 1. The molecule has 0 aliphatic carbocycles. The van der Waals surface area contributed by atoms with Crippen LogP contribution >= 0.6 is 0 Å². The summed E-state index contributed by atoms with van der Waals surface area (Å²) in [5.41, 5.74) is 5.46. The number of rotatable bonds is 12. The van der Waals surface area contributed by atoms with Crippen molar-refractivity contribution in [1.82, 2.24) is 10.2 Å². The number of hydrogen-bond acceptors (Lipinski definition) is 3. The molecule has 0 radical (unpaired) electrons. The fourth-order valence-corrected chi connectivity index (χ4v) is 3.14. The van der Waals surface area contributed by atoms with Crippen molar-refractivity contribution in [3.05, 3.63) is 0 Å². The molecule has 1 heterocycles. The van der Waals surface area contributed by atoms with E-state index in [2.05, 4.69) is 12.2 Å². The van der Waals surface area contributed by atoms with Crippen LogP contribution in [0.15, 0.2) is 0 Å². The summed E-state index contributed by atoms with van der Waals surface area (Å²) in [6, 6.07) is -0.243. The van der Waals surface area contributed by atoms with E-state index in [0.717, 1.165) is 51.5 Å². The van der Waals surface area contributed by atoms with E-state index in [1.54, 1.807) is 4.90 Å². The van der Waals surface area contributed by atoms with E-state index < -0.39 is 0 Å². The molecule has 0 aromatic rings. The predicted molar refractivity (Wildman–Crippen MR) is 94.0 cm³/mol. The summed E-state index contributed by atoms with van der Waals surface area (Å²) in [6.45, 7) is 4.32. The number of nitrogens with two attached hydrogens (primary N) is 1. The highest BCUT2D eigenvalue weighted by Gasteiger charge is 2.33. The van der Waals surface area contributed by atoms with Crippen LogP contribution in [0.1, 0.15) is 77.6 Å². The van der Waals surface area contributed by atoms with Crippen molar-refractivity contribution < 1.29 is 9.59 Å². The van der Waals surface area contributed by atoms with E-state index in [1.807, 2.05) is 0 Å². The Morgan fingerprint density at radius 1 is 1.09 bits per heavy atom. The lowest BCUT2D eigenvalue weighted by Gasteiger charge is -2.24. The lowest BCUT2D eigenvalue weighted by molar-refractivity contribution is -0.138. The van der Waals surface area contributed by atoms with Gasteiger partial charge in [0.1, 0.15) is 6.04 Å². The molecule has 0 spiro atoms. The lowest BCUT2D eigenvalue weighted by atomic mass is 10.1. The summed E-state index contributed by atoms with van der Waals surface area (Å²) in [5.74, 6) is 0.178. The van der Waals surface area contributed by atoms with E-state index >= 15 is 0 Å². The topological polar surface area (TPSA) is 75.4 Å². The van der Waals surface area contributed by atoms with Crippen molar-refractivity contribution in [1.29, 1.82) is 0 Å². The molecule has 0 aromatic carbocycles. The summed E-state index contributed by atoms with van der Waals surface area (Å²) < 4.78 is 0. The summed E-state index contributed by atoms with van der Waals surface area (Å²) in [7, 11) is 0. The molecular formula is C18H35N3O2. The first-order valence-corrected chi connectivity index (χ1v) is 9.48. The molecule has 23 heavy (non-hydrogen) atoms. The van der Waals surface area contributed by atoms with Gasteiger partial charge in [0.25, 0.3) is 0 Å². The lowest BCUT2D eigenvalue weighted by Crippen LogP contribution is -2.46. The van der Waals surface area contributed by atoms with Crippen molar-refractivity contribution in [2.24, 2.45) is 5.73 Å². The van der Waals surface area contributed by atoms with Gasteiger partial charge in [-0.1, -0.05) is 39.0 Å². The third-order valence-electron chi connectivity index (χ3n) is 4.55. The average Bonchev–Trinajstić information content (AvgIpc) is 3.04. The number of carbonyl (C=O) groups is 2. The number of carbonyl (C=O) groups excluding carboxylic acids is 2. The second kappa shape index (κ2) is 12.3. The van der Waals surface area contributed by atoms with Crippen LogP contribution in [-0.2, 0) is 9.59 Å². The highest BCUT2D eigenvalue weighted by atomic mass is 16.2. The second-order valence-corrected chi connectivity index (χ2v) is 6.55. The minimum absolute atomic E-state index is 0.0228. The van der Waals surface area contributed by atoms with E-state index in [9.17, 15) is 9.59 Å². The van der Waals surface area contributed by atoms with Gasteiger partial charge < -0.3 is 16.0 Å². The second-order valence-electron chi connectivity index (χ2n) is 6.55. The molecule has 1 aliphatic heterocycles. The Bertz CT molecular complexity index is 315. The monoisotopic (exact) mass is 325 g/mol. The van der Waals surface area contributed by atoms with E-state index in [4.69, 9.17) is 5.73 Å². The zero-order chi connectivity index (χ0) is 16.9. The SMILES string of the molecule is CCCCCCCC(=O)N1CCC[C@@H]1C(=O)NCCCCCN. The molecule has 0 saturated carbocycles. The smallest absolute Gasteiger partial charge is 0.242 e. The maximum Gasteiger partial charge on any atom is 0.242 e. The molecule has 0 bridgehead atoms. The molecule has 1 rings (SSSR count). The standard InChI is InChI=1S/C18H35N3O2/c1-2-3-4-5-7-12-17(22)21-15-10-11-16(21)18(23)20-14-9-6-8-13-19/h16H,2-15,19H2,1H3,(H,20,23)/t16-/m1/s1. The highest BCUT2D eigenvalue weighted by Crippen LogP contribution is 2.19. The van der Waals surface area contributed by atoms with Crippen molar-refractivity contribution in [3.8, 4) is 0 Å². The zero-order valence-electron chi connectivity index (χ0n) is 14.8. The molecule has 5 nitrogen and oxygen atoms in total. The van der Waals surface area contributed by atoms with Gasteiger partial charge in [0.05, 0.1) is 0 Å². The normalized spacial score (nSPS) is 17.5. The van der Waals surface area contributed by atoms with Gasteiger partial charge in [0.2, 0.25) is 11.8 Å². The maximum atomic E-state index is 12.3. The van der Waals surface area contributed by atoms with Crippen molar-refractivity contribution in [2.45, 2.75) is 83.6 Å². The van der Waals surface area contributed by atoms with Crippen LogP contribution < -0.4 is 11.1 Å². The molecular weight excluding hydrogens is 290 g/mol. The van der Waals surface area contributed by atoms with E-state index in [1.165, 1.54) is 19.3 Å². The maximum absolute atomic E-state index is 12.3. The molecule has 1 fully saturated rings. The molecule has 134 valence electrons. The molecule has 0 aromatic heterocycles. The first-order chi connectivity index (χ1) is 11.2. The Labute approximate surface area is 141 Å². The Morgan fingerprint density at radius 2 is 1.83 bits per heavy atom. The summed E-state index contributed by atoms with van der Waals surface area (Å²) in [5, 5.41) is 2.98. The van der Waals surface area contributed by atoms with Crippen LogP contribution in [-0.4, -0.2) is 42.4 Å². The predicted octanol–water partition coefficient (Wildman–Crippen LogP) is 2.58. The van der Waals surface area contributed by atoms with Crippen LogP contribution in [0, 0.1) is 0 Å². The molecule has 1 saturated heterocycles. The van der Waals surface area contributed by atoms with Gasteiger partial charge in [-0.15, -0.1) is 0 Å². The van der Waals surface area contributed by atoms with Crippen LogP contribution in [0.4, 0.5) is 0 Å². The number of amides is 2. The minimum atomic E-state index is -0.243. The molecule has 1 atom stereocenters. The quantitative estimate of drug-likeness (QED) is 0.542. The number of hydrogen-bond donors (Lipinski definition) is 2. The van der Waals surface area contributed by atoms with Crippen LogP contribution in [0.3, 0.4) is 0 Å². The van der Waals surface area contributed by atoms with Gasteiger partial charge in [-0.25, -0.2) is 0 Å². The average molecular weight is 325 g/mol. The van der Waals surface area contributed by atoms with Crippen LogP contribution in [0.25, 0.3) is 0 Å². The highest BCUT2D eigenvalue weighted by molar-refractivity contribution is 5.88. The van der Waals surface area contributed by atoms with Crippen LogP contribution in [0.5, 0.6) is 0 Å². The first-order valence-electron chi connectivity index (χ1n) is 9.48. The van der Waals surface area contributed by atoms with E-state index in [0.29, 0.717) is 19.5 Å². The summed E-state index contributed by atoms with van der Waals surface area (Å²) in [6.07, 6.45) is 11.1. The van der Waals surface area contributed by atoms with Gasteiger partial charge in [-0.05, 0) is 38.6 Å². The van der Waals surface area contributed by atoms with Crippen molar-refractivity contribution in [2.75, 3.05) is 19.6 Å². The Kier molecular flexibility index (Phi) is 10.7. The van der Waals surface area contributed by atoms with Crippen LogP contribution in [0.2, 0.25) is 0 Å². The van der Waals surface area contributed by atoms with E-state index in [-0.39, 0.29) is 17.9 Å². The largest absolute Gasteiger partial charge is 0.354 e. The molecule has 5 heteroatoms. The number of unbranched alkanes of at least 4 members (excludes halogenated alkanes) is 6. The first kappa shape index (κ1) is 19.9. The Morgan fingerprint density at radius 3 is 2.57 bits per heavy atom. The summed E-state index contributed by atoms with van der Waals surface area (Å²) >= 11 is 0. The number of nitrogens with one attached hydrogen (secondary N) is 1.